The molecule has 0 aliphatic carbocycles. The molecule has 2 heterocycles. The van der Waals surface area contributed by atoms with Crippen LogP contribution < -0.4 is 5.73 Å². The number of aliphatic hydroxyl groups is 1. The van der Waals surface area contributed by atoms with Crippen LogP contribution in [-0.2, 0) is 6.42 Å². The molecule has 2 aromatic carbocycles. The van der Waals surface area contributed by atoms with Crippen molar-refractivity contribution in [2.45, 2.75) is 46.1 Å². The lowest BCUT2D eigenvalue weighted by Crippen LogP contribution is -2.44. The van der Waals surface area contributed by atoms with E-state index in [9.17, 15) is 5.11 Å². The van der Waals surface area contributed by atoms with Crippen molar-refractivity contribution in [2.24, 2.45) is 0 Å². The van der Waals surface area contributed by atoms with E-state index < -0.39 is 5.60 Å². The molecule has 5 nitrogen and oxygen atoms in total. The van der Waals surface area contributed by atoms with Crippen molar-refractivity contribution in [3.8, 4) is 5.69 Å². The lowest BCUT2D eigenvalue weighted by molar-refractivity contribution is 0.0229. The number of nitrogens with two attached hydrogens (primary N) is 1. The Hall–Kier alpha value is -2.89. The second-order valence-electron chi connectivity index (χ2n) is 9.42. The summed E-state index contributed by atoms with van der Waals surface area (Å²) in [4.78, 5) is 6.45. The number of hydrogen-bond acceptors (Lipinski definition) is 4. The highest BCUT2D eigenvalue weighted by molar-refractivity contribution is 5.67. The number of aromatic nitrogens is 2. The van der Waals surface area contributed by atoms with Gasteiger partial charge in [-0.15, -0.1) is 0 Å². The third-order valence-electron chi connectivity index (χ3n) is 6.74. The van der Waals surface area contributed by atoms with Crippen molar-refractivity contribution in [1.29, 1.82) is 0 Å². The minimum atomic E-state index is -0.809. The van der Waals surface area contributed by atoms with Gasteiger partial charge in [-0.2, -0.15) is 0 Å². The first-order chi connectivity index (χ1) is 15.2. The first kappa shape index (κ1) is 22.3. The Morgan fingerprint density at radius 2 is 1.88 bits per heavy atom. The lowest BCUT2D eigenvalue weighted by atomic mass is 9.89. The van der Waals surface area contributed by atoms with Crippen molar-refractivity contribution in [3.63, 3.8) is 0 Å². The van der Waals surface area contributed by atoms with E-state index in [1.807, 2.05) is 24.0 Å². The van der Waals surface area contributed by atoms with Crippen LogP contribution in [0.4, 0.5) is 5.69 Å². The van der Waals surface area contributed by atoms with Crippen molar-refractivity contribution in [3.05, 3.63) is 82.9 Å². The summed E-state index contributed by atoms with van der Waals surface area (Å²) in [6, 6.07) is 10.8. The van der Waals surface area contributed by atoms with E-state index >= 15 is 0 Å². The molecule has 0 radical (unpaired) electrons. The monoisotopic (exact) mass is 430 g/mol. The summed E-state index contributed by atoms with van der Waals surface area (Å²) in [5.74, 6) is 0. The maximum Gasteiger partial charge on any atom is 0.0991 e. The predicted octanol–water partition coefficient (Wildman–Crippen LogP) is 4.46. The molecule has 168 valence electrons. The number of anilines is 1. The molecule has 3 aromatic rings. The predicted molar refractivity (Wildman–Crippen MR) is 132 cm³/mol. The Morgan fingerprint density at radius 1 is 1.12 bits per heavy atom. The van der Waals surface area contributed by atoms with E-state index in [1.165, 1.54) is 16.7 Å². The van der Waals surface area contributed by atoms with E-state index in [0.717, 1.165) is 47.6 Å². The van der Waals surface area contributed by atoms with Gasteiger partial charge in [-0.25, -0.2) is 4.98 Å². The largest absolute Gasteiger partial charge is 0.398 e. The number of rotatable bonds is 6. The van der Waals surface area contributed by atoms with Gasteiger partial charge in [-0.1, -0.05) is 24.3 Å². The van der Waals surface area contributed by atoms with Crippen LogP contribution in [0.15, 0.2) is 55.1 Å². The van der Waals surface area contributed by atoms with Crippen LogP contribution in [0.3, 0.4) is 0 Å². The number of nitrogen functional groups attached to an aromatic ring is 1. The van der Waals surface area contributed by atoms with Crippen LogP contribution >= 0.6 is 0 Å². The highest BCUT2D eigenvalue weighted by Crippen LogP contribution is 2.29. The number of hydrogen-bond donors (Lipinski definition) is 2. The van der Waals surface area contributed by atoms with Crippen LogP contribution in [0.25, 0.3) is 11.3 Å². The molecule has 32 heavy (non-hydrogen) atoms. The fourth-order valence-corrected chi connectivity index (χ4v) is 4.65. The first-order valence-corrected chi connectivity index (χ1v) is 11.3. The van der Waals surface area contributed by atoms with Crippen LogP contribution in [0.1, 0.15) is 41.2 Å². The third kappa shape index (κ3) is 4.79. The van der Waals surface area contributed by atoms with Gasteiger partial charge in [0.2, 0.25) is 0 Å². The van der Waals surface area contributed by atoms with E-state index in [4.69, 9.17) is 5.73 Å². The Labute approximate surface area is 191 Å². The van der Waals surface area contributed by atoms with Crippen LogP contribution in [0.5, 0.6) is 0 Å². The van der Waals surface area contributed by atoms with Gasteiger partial charge in [0.05, 0.1) is 11.9 Å². The number of aryl methyl sites for hydroxylation is 1. The molecule has 0 fully saturated rings. The normalized spacial score (nSPS) is 16.6. The summed E-state index contributed by atoms with van der Waals surface area (Å²) >= 11 is 0. The molecule has 1 atom stereocenters. The van der Waals surface area contributed by atoms with Gasteiger partial charge >= 0.3 is 0 Å². The molecule has 1 aliphatic rings. The van der Waals surface area contributed by atoms with Gasteiger partial charge in [0, 0.05) is 49.8 Å². The SMILES string of the molecule is Cc1cc(CC(C)(O)CN2CC=C(c3ccc(-n4ccnc4)cc3)CC2)c(C)c(N)c1C. The number of nitrogens with zero attached hydrogens (tertiary/aromatic N) is 3. The minimum absolute atomic E-state index is 0.604. The number of benzene rings is 2. The lowest BCUT2D eigenvalue weighted by Gasteiger charge is -2.34. The fraction of sp³-hybridized carbons (Fsp3) is 0.370. The van der Waals surface area contributed by atoms with E-state index in [1.54, 1.807) is 6.20 Å². The highest BCUT2D eigenvalue weighted by atomic mass is 16.3. The van der Waals surface area contributed by atoms with Crippen molar-refractivity contribution >= 4 is 11.3 Å². The average molecular weight is 431 g/mol. The molecule has 0 saturated carbocycles. The second kappa shape index (κ2) is 8.93. The van der Waals surface area contributed by atoms with Gasteiger partial charge in [0.1, 0.15) is 0 Å². The second-order valence-corrected chi connectivity index (χ2v) is 9.42. The Balaban J connectivity index is 1.39. The zero-order valence-electron chi connectivity index (χ0n) is 19.6. The van der Waals surface area contributed by atoms with Gasteiger partial charge in [0.25, 0.3) is 0 Å². The van der Waals surface area contributed by atoms with E-state index in [-0.39, 0.29) is 0 Å². The number of imidazole rings is 1. The zero-order chi connectivity index (χ0) is 22.9. The van der Waals surface area contributed by atoms with E-state index in [2.05, 4.69) is 67.1 Å². The molecule has 0 spiro atoms. The molecule has 1 aliphatic heterocycles. The average Bonchev–Trinajstić information content (AvgIpc) is 3.31. The quantitative estimate of drug-likeness (QED) is 0.567. The minimum Gasteiger partial charge on any atom is -0.398 e. The number of β-amino-alcohol motifs (C(OH)–C–C–N with tert-alkyl or cyclic N) is 1. The molecule has 0 saturated heterocycles. The Morgan fingerprint density at radius 3 is 2.50 bits per heavy atom. The van der Waals surface area contributed by atoms with Crippen molar-refractivity contribution in [1.82, 2.24) is 14.5 Å². The van der Waals surface area contributed by atoms with Gasteiger partial charge < -0.3 is 15.4 Å². The standard InChI is InChI=1S/C27H34N4O/c1-19-15-24(21(3)26(28)20(19)2)16-27(4,32)17-30-12-9-23(10-13-30)22-5-7-25(8-6-22)31-14-11-29-18-31/h5-9,11,14-15,18,32H,10,12-13,16-17,28H2,1-4H3. The van der Waals surface area contributed by atoms with Crippen LogP contribution in [0.2, 0.25) is 0 Å². The van der Waals surface area contributed by atoms with Gasteiger partial charge in [-0.3, -0.25) is 4.90 Å². The van der Waals surface area contributed by atoms with Crippen molar-refractivity contribution in [2.75, 3.05) is 25.4 Å². The van der Waals surface area contributed by atoms with Gasteiger partial charge in [0.15, 0.2) is 0 Å². The summed E-state index contributed by atoms with van der Waals surface area (Å²) in [6.07, 6.45) is 9.43. The summed E-state index contributed by atoms with van der Waals surface area (Å²) < 4.78 is 2.01. The Bertz CT molecular complexity index is 1110. The van der Waals surface area contributed by atoms with Crippen LogP contribution in [0, 0.1) is 20.8 Å². The molecule has 0 amide bonds. The molecule has 1 aromatic heterocycles. The highest BCUT2D eigenvalue weighted by Gasteiger charge is 2.27. The zero-order valence-corrected chi connectivity index (χ0v) is 19.6. The van der Waals surface area contributed by atoms with Gasteiger partial charge in [-0.05, 0) is 79.6 Å². The summed E-state index contributed by atoms with van der Waals surface area (Å²) in [7, 11) is 0. The maximum absolute atomic E-state index is 11.2. The summed E-state index contributed by atoms with van der Waals surface area (Å²) in [5.41, 5.74) is 14.6. The summed E-state index contributed by atoms with van der Waals surface area (Å²) in [5, 5.41) is 11.2. The molecule has 1 unspecified atom stereocenters. The first-order valence-electron chi connectivity index (χ1n) is 11.3. The topological polar surface area (TPSA) is 67.3 Å². The third-order valence-corrected chi connectivity index (χ3v) is 6.74. The molecule has 3 N–H and O–H groups in total. The fourth-order valence-electron chi connectivity index (χ4n) is 4.65. The maximum atomic E-state index is 11.2. The van der Waals surface area contributed by atoms with E-state index in [0.29, 0.717) is 13.0 Å². The summed E-state index contributed by atoms with van der Waals surface area (Å²) in [6.45, 7) is 10.6. The smallest absolute Gasteiger partial charge is 0.0991 e. The van der Waals surface area contributed by atoms with Crippen LogP contribution in [-0.4, -0.2) is 44.8 Å². The molecule has 5 heteroatoms. The van der Waals surface area contributed by atoms with Crippen molar-refractivity contribution < 1.29 is 5.11 Å². The molecule has 4 rings (SSSR count). The molecular formula is C27H34N4O. The Kier molecular flexibility index (Phi) is 6.22. The molecular weight excluding hydrogens is 396 g/mol. The molecule has 0 bridgehead atoms.